The Bertz CT molecular complexity index is 1220. The predicted octanol–water partition coefficient (Wildman–Crippen LogP) is 1.92. The third kappa shape index (κ3) is 3.44. The largest absolute Gasteiger partial charge is 0.459 e. The molecule has 1 fully saturated rings. The van der Waals surface area contributed by atoms with Gasteiger partial charge in [-0.2, -0.15) is 0 Å². The van der Waals surface area contributed by atoms with Crippen molar-refractivity contribution in [3.63, 3.8) is 0 Å². The first-order chi connectivity index (χ1) is 15.1. The van der Waals surface area contributed by atoms with E-state index in [1.807, 2.05) is 0 Å². The molecular formula is C21H21FN4O6. The van der Waals surface area contributed by atoms with Crippen LogP contribution in [0.15, 0.2) is 47.8 Å². The number of ether oxygens (including phenoxy) is 3. The van der Waals surface area contributed by atoms with Crippen LogP contribution in [0.5, 0.6) is 0 Å². The van der Waals surface area contributed by atoms with Crippen molar-refractivity contribution in [3.8, 4) is 0 Å². The summed E-state index contributed by atoms with van der Waals surface area (Å²) in [6.07, 6.45) is -0.134. The number of fused-ring (bicyclic) bond motifs is 1. The predicted molar refractivity (Wildman–Crippen MR) is 108 cm³/mol. The summed E-state index contributed by atoms with van der Waals surface area (Å²) < 4.78 is 34.2. The van der Waals surface area contributed by atoms with E-state index in [4.69, 9.17) is 14.2 Å². The fraction of sp³-hybridized carbons (Fsp3) is 0.381. The number of esters is 2. The average Bonchev–Trinajstić information content (AvgIpc) is 3.25. The highest BCUT2D eigenvalue weighted by molar-refractivity contribution is 5.89. The van der Waals surface area contributed by atoms with Gasteiger partial charge in [-0.1, -0.05) is 18.2 Å². The van der Waals surface area contributed by atoms with E-state index in [-0.39, 0.29) is 17.8 Å². The molecule has 0 bridgehead atoms. The summed E-state index contributed by atoms with van der Waals surface area (Å²) in [6, 6.07) is 8.26. The highest BCUT2D eigenvalue weighted by atomic mass is 19.1. The molecule has 168 valence electrons. The molecule has 1 aliphatic rings. The van der Waals surface area contributed by atoms with Gasteiger partial charge in [0, 0.05) is 6.92 Å². The van der Waals surface area contributed by atoms with Gasteiger partial charge in [0.25, 0.3) is 5.56 Å². The fourth-order valence-corrected chi connectivity index (χ4v) is 3.81. The zero-order valence-corrected chi connectivity index (χ0v) is 17.6. The summed E-state index contributed by atoms with van der Waals surface area (Å²) in [7, 11) is 0. The van der Waals surface area contributed by atoms with E-state index in [1.165, 1.54) is 24.7 Å². The molecule has 0 amide bonds. The molecule has 4 rings (SSSR count). The second-order valence-electron chi connectivity index (χ2n) is 7.77. The van der Waals surface area contributed by atoms with E-state index in [0.29, 0.717) is 5.56 Å². The van der Waals surface area contributed by atoms with Crippen LogP contribution in [0.2, 0.25) is 0 Å². The molecule has 0 spiro atoms. The number of benzene rings is 1. The number of hydrogen-bond acceptors (Lipinski definition) is 8. The molecule has 2 aromatic heterocycles. The minimum Gasteiger partial charge on any atom is -0.459 e. The summed E-state index contributed by atoms with van der Waals surface area (Å²) in [4.78, 5) is 46.6. The first-order valence-electron chi connectivity index (χ1n) is 9.81. The Morgan fingerprint density at radius 2 is 1.97 bits per heavy atom. The van der Waals surface area contributed by atoms with Crippen molar-refractivity contribution in [3.05, 3.63) is 58.9 Å². The lowest BCUT2D eigenvalue weighted by Crippen LogP contribution is -2.55. The maximum absolute atomic E-state index is 16.3. The number of imidazole rings is 1. The van der Waals surface area contributed by atoms with Gasteiger partial charge in [0.1, 0.15) is 12.7 Å². The van der Waals surface area contributed by atoms with Crippen molar-refractivity contribution >= 4 is 23.1 Å². The maximum Gasteiger partial charge on any atom is 0.338 e. The lowest BCUT2D eigenvalue weighted by molar-refractivity contribution is -0.175. The highest BCUT2D eigenvalue weighted by Gasteiger charge is 2.66. The van der Waals surface area contributed by atoms with Gasteiger partial charge in [0.2, 0.25) is 0 Å². The van der Waals surface area contributed by atoms with Crippen LogP contribution < -0.4 is 5.56 Å². The number of aromatic amines is 1. The summed E-state index contributed by atoms with van der Waals surface area (Å²) in [5.74, 6) is -1.37. The van der Waals surface area contributed by atoms with Crippen molar-refractivity contribution in [2.24, 2.45) is 0 Å². The smallest absolute Gasteiger partial charge is 0.338 e. The number of halogens is 1. The molecule has 1 N–H and O–H groups in total. The molecule has 0 radical (unpaired) electrons. The van der Waals surface area contributed by atoms with Crippen LogP contribution in [0.4, 0.5) is 4.39 Å². The quantitative estimate of drug-likeness (QED) is 0.592. The van der Waals surface area contributed by atoms with Crippen LogP contribution in [0.3, 0.4) is 0 Å². The molecule has 3 aromatic rings. The van der Waals surface area contributed by atoms with Crippen LogP contribution in [-0.4, -0.2) is 55.4 Å². The number of nitrogens with zero attached hydrogens (tertiary/aromatic N) is 3. The average molecular weight is 444 g/mol. The number of nitrogens with one attached hydrogen (secondary N) is 1. The van der Waals surface area contributed by atoms with Gasteiger partial charge in [0.05, 0.1) is 18.2 Å². The molecule has 0 saturated carbocycles. The van der Waals surface area contributed by atoms with Gasteiger partial charge < -0.3 is 19.2 Å². The van der Waals surface area contributed by atoms with Gasteiger partial charge in [-0.25, -0.2) is 19.2 Å². The number of rotatable bonds is 5. The number of H-pyrrole nitrogens is 1. The Morgan fingerprint density at radius 3 is 2.66 bits per heavy atom. The maximum atomic E-state index is 16.3. The summed E-state index contributed by atoms with van der Waals surface area (Å²) in [5, 5.41) is 0. The molecule has 0 aliphatic carbocycles. The lowest BCUT2D eigenvalue weighted by atomic mass is 9.84. The number of aromatic nitrogens is 4. The van der Waals surface area contributed by atoms with E-state index in [0.717, 1.165) is 13.3 Å². The Balaban J connectivity index is 1.68. The third-order valence-corrected chi connectivity index (χ3v) is 5.69. The second-order valence-corrected chi connectivity index (χ2v) is 7.77. The summed E-state index contributed by atoms with van der Waals surface area (Å²) in [6.45, 7) is 3.34. The Hall–Kier alpha value is -3.60. The zero-order chi connectivity index (χ0) is 23.1. The first-order valence-corrected chi connectivity index (χ1v) is 9.81. The SMILES string of the molecule is CC(=O)O[C@@]1(C)[C@@H](COC(=O)c2ccccc2)O[C@H](n2cnc3c(=O)[nH]cnc32)[C@]1(C)F. The Kier molecular flexibility index (Phi) is 5.29. The fourth-order valence-electron chi connectivity index (χ4n) is 3.81. The molecule has 10 nitrogen and oxygen atoms in total. The Morgan fingerprint density at radius 1 is 1.25 bits per heavy atom. The third-order valence-electron chi connectivity index (χ3n) is 5.69. The van der Waals surface area contributed by atoms with Crippen molar-refractivity contribution < 1.29 is 28.2 Å². The van der Waals surface area contributed by atoms with Gasteiger partial charge in [-0.3, -0.25) is 14.2 Å². The number of alkyl halides is 1. The van der Waals surface area contributed by atoms with Gasteiger partial charge in [0.15, 0.2) is 28.7 Å². The van der Waals surface area contributed by atoms with Gasteiger partial charge >= 0.3 is 11.9 Å². The topological polar surface area (TPSA) is 125 Å². The summed E-state index contributed by atoms with van der Waals surface area (Å²) in [5.41, 5.74) is -4.22. The number of carbonyl (C=O) groups is 2. The van der Waals surface area contributed by atoms with Crippen LogP contribution in [-0.2, 0) is 19.0 Å². The van der Waals surface area contributed by atoms with Crippen molar-refractivity contribution in [1.82, 2.24) is 19.5 Å². The molecule has 1 aliphatic heterocycles. The van der Waals surface area contributed by atoms with Gasteiger partial charge in [-0.05, 0) is 26.0 Å². The van der Waals surface area contributed by atoms with Crippen LogP contribution >= 0.6 is 0 Å². The molecule has 3 heterocycles. The molecular weight excluding hydrogens is 423 g/mol. The first kappa shape index (κ1) is 21.6. The molecule has 32 heavy (non-hydrogen) atoms. The zero-order valence-electron chi connectivity index (χ0n) is 17.6. The van der Waals surface area contributed by atoms with Crippen molar-refractivity contribution in [2.75, 3.05) is 6.61 Å². The standard InChI is InChI=1S/C21H21FN4O6/c1-12(27)32-21(3)14(9-30-18(29)13-7-5-4-6-8-13)31-19(20(21,2)22)26-11-25-15-16(26)23-10-24-17(15)28/h4-8,10-11,14,19H,9H2,1-3H3,(H,23,24,28)/t14-,19+,20+,21+/m1/s1. The number of carbonyl (C=O) groups excluding carboxylic acids is 2. The van der Waals surface area contributed by atoms with Crippen LogP contribution in [0, 0.1) is 0 Å². The summed E-state index contributed by atoms with van der Waals surface area (Å²) >= 11 is 0. The minimum absolute atomic E-state index is 0.0000414. The Labute approximate surface area is 181 Å². The minimum atomic E-state index is -2.31. The van der Waals surface area contributed by atoms with Crippen molar-refractivity contribution in [2.45, 2.75) is 44.4 Å². The van der Waals surface area contributed by atoms with Crippen LogP contribution in [0.1, 0.15) is 37.4 Å². The lowest BCUT2D eigenvalue weighted by Gasteiger charge is -2.36. The van der Waals surface area contributed by atoms with E-state index in [2.05, 4.69) is 15.0 Å². The molecule has 11 heteroatoms. The molecule has 1 saturated heterocycles. The normalized spacial score (nSPS) is 27.4. The van der Waals surface area contributed by atoms with E-state index >= 15 is 4.39 Å². The monoisotopic (exact) mass is 444 g/mol. The second kappa shape index (κ2) is 7.83. The van der Waals surface area contributed by atoms with Crippen molar-refractivity contribution in [1.29, 1.82) is 0 Å². The number of hydrogen-bond donors (Lipinski definition) is 1. The van der Waals surface area contributed by atoms with Gasteiger partial charge in [-0.15, -0.1) is 0 Å². The molecule has 4 atom stereocenters. The van der Waals surface area contributed by atoms with E-state index < -0.39 is 41.1 Å². The van der Waals surface area contributed by atoms with E-state index in [9.17, 15) is 14.4 Å². The van der Waals surface area contributed by atoms with E-state index in [1.54, 1.807) is 30.3 Å². The highest BCUT2D eigenvalue weighted by Crippen LogP contribution is 2.50. The molecule has 0 unspecified atom stereocenters. The van der Waals surface area contributed by atoms with Crippen LogP contribution in [0.25, 0.3) is 11.2 Å². The molecule has 1 aromatic carbocycles.